The molecule has 0 unspecified atom stereocenters. The molecule has 2 N–H and O–H groups in total. The van der Waals surface area contributed by atoms with E-state index in [1.807, 2.05) is 0 Å². The molecule has 3 amide bonds. The Morgan fingerprint density at radius 3 is 2.59 bits per heavy atom. The summed E-state index contributed by atoms with van der Waals surface area (Å²) < 4.78 is 26.1. The molecule has 0 aliphatic rings. The van der Waals surface area contributed by atoms with Crippen molar-refractivity contribution in [3.8, 4) is 0 Å². The number of imide groups is 1. The highest BCUT2D eigenvalue weighted by Gasteiger charge is 2.18. The second kappa shape index (κ2) is 7.30. The number of rotatable bonds is 5. The predicted molar refractivity (Wildman–Crippen MR) is 76.2 cm³/mol. The minimum atomic E-state index is -2.68. The molecule has 0 aromatic carbocycles. The Balaban J connectivity index is 2.47. The number of hydrogen-bond acceptors (Lipinski definition) is 4. The van der Waals surface area contributed by atoms with Crippen LogP contribution in [0.25, 0.3) is 0 Å². The molecule has 0 atom stereocenters. The average Bonchev–Trinajstić information content (AvgIpc) is 2.73. The van der Waals surface area contributed by atoms with E-state index in [0.29, 0.717) is 0 Å². The third-order valence-corrected chi connectivity index (χ3v) is 2.53. The fourth-order valence-corrected chi connectivity index (χ4v) is 1.72. The average molecular weight is 317 g/mol. The van der Waals surface area contributed by atoms with E-state index in [2.05, 4.69) is 15.6 Å². The molecule has 0 aliphatic heterocycles. The van der Waals surface area contributed by atoms with Gasteiger partial charge < -0.3 is 5.32 Å². The first-order valence-electron chi connectivity index (χ1n) is 6.69. The highest BCUT2D eigenvalue weighted by molar-refractivity contribution is 5.95. The number of aromatic nitrogens is 2. The molecular weight excluding hydrogens is 296 g/mol. The number of carbonyl (C=O) groups excluding carboxylic acids is 2. The highest BCUT2D eigenvalue weighted by atomic mass is 19.3. The van der Waals surface area contributed by atoms with Crippen LogP contribution in [0.2, 0.25) is 0 Å². The van der Waals surface area contributed by atoms with Crippen LogP contribution in [0.3, 0.4) is 0 Å². The Morgan fingerprint density at radius 2 is 2.05 bits per heavy atom. The maximum Gasteiger partial charge on any atom is 0.321 e. The van der Waals surface area contributed by atoms with Crippen molar-refractivity contribution in [3.63, 3.8) is 0 Å². The third kappa shape index (κ3) is 6.17. The molecule has 0 fully saturated rings. The van der Waals surface area contributed by atoms with Crippen LogP contribution in [-0.2, 0) is 11.3 Å². The zero-order valence-electron chi connectivity index (χ0n) is 13.1. The zero-order chi connectivity index (χ0) is 16.9. The third-order valence-electron chi connectivity index (χ3n) is 2.53. The molecule has 1 aromatic rings. The van der Waals surface area contributed by atoms with Crippen LogP contribution < -0.4 is 10.6 Å². The Hall–Kier alpha value is -2.03. The second-order valence-electron chi connectivity index (χ2n) is 5.95. The van der Waals surface area contributed by atoms with Crippen LogP contribution in [0.1, 0.15) is 33.1 Å². The van der Waals surface area contributed by atoms with Gasteiger partial charge in [-0.15, -0.1) is 0 Å². The van der Waals surface area contributed by atoms with E-state index in [1.165, 1.54) is 17.3 Å². The molecule has 22 heavy (non-hydrogen) atoms. The van der Waals surface area contributed by atoms with E-state index in [4.69, 9.17) is 0 Å². The standard InChI is InChI=1S/C13H21F2N5O2/c1-13(2,3)18-12(22)17-10(21)8-19(4)7-9-16-5-6-20(9)11(14)15/h5-6,11H,7-8H2,1-4H3,(H2,17,18,21,22). The van der Waals surface area contributed by atoms with Gasteiger partial charge in [-0.25, -0.2) is 9.78 Å². The summed E-state index contributed by atoms with van der Waals surface area (Å²) in [5.41, 5.74) is -0.460. The molecule has 0 radical (unpaired) electrons. The first-order valence-corrected chi connectivity index (χ1v) is 6.69. The van der Waals surface area contributed by atoms with Gasteiger partial charge in [0.15, 0.2) is 0 Å². The van der Waals surface area contributed by atoms with Gasteiger partial charge in [-0.1, -0.05) is 0 Å². The van der Waals surface area contributed by atoms with Crippen LogP contribution in [0.5, 0.6) is 0 Å². The Kier molecular flexibility index (Phi) is 5.98. The lowest BCUT2D eigenvalue weighted by atomic mass is 10.1. The Bertz CT molecular complexity index is 525. The minimum absolute atomic E-state index is 0.0612. The summed E-state index contributed by atoms with van der Waals surface area (Å²) in [6, 6.07) is -0.597. The van der Waals surface area contributed by atoms with Gasteiger partial charge in [-0.05, 0) is 27.8 Å². The van der Waals surface area contributed by atoms with E-state index in [1.54, 1.807) is 27.8 Å². The molecule has 9 heteroatoms. The topological polar surface area (TPSA) is 79.3 Å². The summed E-state index contributed by atoms with van der Waals surface area (Å²) in [7, 11) is 1.58. The van der Waals surface area contributed by atoms with Gasteiger partial charge >= 0.3 is 12.6 Å². The fourth-order valence-electron chi connectivity index (χ4n) is 1.72. The molecule has 124 valence electrons. The zero-order valence-corrected chi connectivity index (χ0v) is 13.1. The van der Waals surface area contributed by atoms with E-state index in [-0.39, 0.29) is 18.9 Å². The molecule has 7 nitrogen and oxygen atoms in total. The van der Waals surface area contributed by atoms with Crippen molar-refractivity contribution >= 4 is 11.9 Å². The van der Waals surface area contributed by atoms with Crippen molar-refractivity contribution in [1.29, 1.82) is 0 Å². The molecule has 0 saturated heterocycles. The maximum absolute atomic E-state index is 12.7. The first-order chi connectivity index (χ1) is 10.1. The SMILES string of the molecule is CN(CC(=O)NC(=O)NC(C)(C)C)Cc1nccn1C(F)F. The lowest BCUT2D eigenvalue weighted by molar-refractivity contribution is -0.121. The predicted octanol–water partition coefficient (Wildman–Crippen LogP) is 1.33. The smallest absolute Gasteiger partial charge is 0.321 e. The lowest BCUT2D eigenvalue weighted by Gasteiger charge is -2.21. The first kappa shape index (κ1) is 18.0. The van der Waals surface area contributed by atoms with E-state index < -0.39 is 24.0 Å². The molecule has 1 heterocycles. The van der Waals surface area contributed by atoms with E-state index in [9.17, 15) is 18.4 Å². The largest absolute Gasteiger partial charge is 0.333 e. The number of nitrogens with one attached hydrogen (secondary N) is 2. The number of alkyl halides is 2. The number of likely N-dealkylation sites (N-methyl/N-ethyl adjacent to an activating group) is 1. The van der Waals surface area contributed by atoms with Gasteiger partial charge in [0, 0.05) is 17.9 Å². The van der Waals surface area contributed by atoms with Crippen molar-refractivity contribution < 1.29 is 18.4 Å². The van der Waals surface area contributed by atoms with Crippen molar-refractivity contribution in [2.75, 3.05) is 13.6 Å². The van der Waals surface area contributed by atoms with Gasteiger partial charge in [-0.2, -0.15) is 8.78 Å². The molecular formula is C13H21F2N5O2. The molecule has 0 bridgehead atoms. The monoisotopic (exact) mass is 317 g/mol. The van der Waals surface area contributed by atoms with Crippen molar-refractivity contribution in [1.82, 2.24) is 25.1 Å². The minimum Gasteiger partial charge on any atom is -0.333 e. The van der Waals surface area contributed by atoms with Crippen LogP contribution in [-0.4, -0.2) is 45.5 Å². The Labute approximate surface area is 127 Å². The van der Waals surface area contributed by atoms with E-state index in [0.717, 1.165) is 4.57 Å². The quantitative estimate of drug-likeness (QED) is 0.859. The van der Waals surface area contributed by atoms with Gasteiger partial charge in [0.1, 0.15) is 5.82 Å². The van der Waals surface area contributed by atoms with Gasteiger partial charge in [-0.3, -0.25) is 19.6 Å². The summed E-state index contributed by atoms with van der Waals surface area (Å²) in [6.45, 7) is 2.62. The highest BCUT2D eigenvalue weighted by Crippen LogP contribution is 2.13. The summed E-state index contributed by atoms with van der Waals surface area (Å²) in [4.78, 5) is 28.6. The fraction of sp³-hybridized carbons (Fsp3) is 0.615. The molecule has 0 saturated carbocycles. The van der Waals surface area contributed by atoms with Crippen LogP contribution >= 0.6 is 0 Å². The number of urea groups is 1. The van der Waals surface area contributed by atoms with Crippen LogP contribution in [0.4, 0.5) is 13.6 Å². The number of carbonyl (C=O) groups is 2. The normalized spacial score (nSPS) is 11.8. The number of hydrogen-bond donors (Lipinski definition) is 2. The van der Waals surface area contributed by atoms with Crippen molar-refractivity contribution in [2.45, 2.75) is 39.4 Å². The lowest BCUT2D eigenvalue weighted by Crippen LogP contribution is -2.50. The molecule has 0 aliphatic carbocycles. The van der Waals surface area contributed by atoms with Crippen molar-refractivity contribution in [3.05, 3.63) is 18.2 Å². The Morgan fingerprint density at radius 1 is 1.41 bits per heavy atom. The van der Waals surface area contributed by atoms with E-state index >= 15 is 0 Å². The summed E-state index contributed by atoms with van der Waals surface area (Å²) in [6.07, 6.45) is 2.44. The maximum atomic E-state index is 12.7. The number of imidazole rings is 1. The molecule has 0 spiro atoms. The van der Waals surface area contributed by atoms with Crippen LogP contribution in [0, 0.1) is 0 Å². The van der Waals surface area contributed by atoms with Gasteiger partial charge in [0.05, 0.1) is 13.1 Å². The second-order valence-corrected chi connectivity index (χ2v) is 5.95. The van der Waals surface area contributed by atoms with Gasteiger partial charge in [0.2, 0.25) is 5.91 Å². The summed E-state index contributed by atoms with van der Waals surface area (Å²) in [5.74, 6) is -0.385. The molecule has 1 aromatic heterocycles. The number of amides is 3. The summed E-state index contributed by atoms with van der Waals surface area (Å²) in [5, 5.41) is 4.77. The van der Waals surface area contributed by atoms with Crippen molar-refractivity contribution in [2.24, 2.45) is 0 Å². The molecule has 1 rings (SSSR count). The summed E-state index contributed by atoms with van der Waals surface area (Å²) >= 11 is 0. The number of nitrogens with zero attached hydrogens (tertiary/aromatic N) is 3. The van der Waals surface area contributed by atoms with Crippen LogP contribution in [0.15, 0.2) is 12.4 Å². The van der Waals surface area contributed by atoms with Gasteiger partial charge in [0.25, 0.3) is 0 Å². The number of halogens is 2.